The Balaban J connectivity index is 1.59. The van der Waals surface area contributed by atoms with Gasteiger partial charge in [-0.05, 0) is 40.0 Å². The van der Waals surface area contributed by atoms with E-state index in [2.05, 4.69) is 31.8 Å². The number of anilines is 3. The van der Waals surface area contributed by atoms with Gasteiger partial charge in [0, 0.05) is 24.9 Å². The third kappa shape index (κ3) is 3.39. The number of halogens is 2. The Morgan fingerprint density at radius 2 is 2.07 bits per heavy atom. The first-order valence-corrected chi connectivity index (χ1v) is 9.31. The van der Waals surface area contributed by atoms with Crippen LogP contribution in [0.15, 0.2) is 12.4 Å². The summed E-state index contributed by atoms with van der Waals surface area (Å²) in [6.07, 6.45) is 5.56. The molecule has 2 aliphatic carbocycles. The van der Waals surface area contributed by atoms with E-state index in [1.54, 1.807) is 4.68 Å². The lowest BCUT2D eigenvalue weighted by atomic mass is 10.1. The van der Waals surface area contributed by atoms with Gasteiger partial charge in [0.25, 0.3) is 5.92 Å². The Morgan fingerprint density at radius 3 is 2.64 bits per heavy atom. The number of hydrogen-bond acceptors (Lipinski definition) is 6. The first-order chi connectivity index (χ1) is 13.0. The average Bonchev–Trinajstić information content (AvgIpc) is 3.47. The van der Waals surface area contributed by atoms with Crippen molar-refractivity contribution < 1.29 is 8.78 Å². The average molecular weight is 387 g/mol. The van der Waals surface area contributed by atoms with E-state index in [0.717, 1.165) is 38.1 Å². The highest BCUT2D eigenvalue weighted by atomic mass is 19.3. The van der Waals surface area contributed by atoms with Crippen molar-refractivity contribution in [3.8, 4) is 6.07 Å². The monoisotopic (exact) mass is 387 g/mol. The summed E-state index contributed by atoms with van der Waals surface area (Å²) < 4.78 is 29.7. The Hall–Kier alpha value is -2.76. The maximum atomic E-state index is 14.0. The van der Waals surface area contributed by atoms with E-state index in [0.29, 0.717) is 5.69 Å². The minimum atomic E-state index is -3.04. The van der Waals surface area contributed by atoms with Gasteiger partial charge in [-0.3, -0.25) is 4.68 Å². The molecule has 2 fully saturated rings. The maximum absolute atomic E-state index is 14.0. The zero-order valence-corrected chi connectivity index (χ0v) is 16.3. The Bertz CT molecular complexity index is 968. The molecular weight excluding hydrogens is 364 g/mol. The normalized spacial score (nSPS) is 25.1. The lowest BCUT2D eigenvalue weighted by Gasteiger charge is -2.19. The lowest BCUT2D eigenvalue weighted by Crippen LogP contribution is -2.22. The molecule has 0 aliphatic heterocycles. The van der Waals surface area contributed by atoms with Crippen LogP contribution in [0.3, 0.4) is 0 Å². The molecule has 0 amide bonds. The third-order valence-electron chi connectivity index (χ3n) is 5.61. The predicted molar refractivity (Wildman–Crippen MR) is 100 cm³/mol. The van der Waals surface area contributed by atoms with Crippen LogP contribution in [0, 0.1) is 23.7 Å². The number of rotatable bonds is 6. The smallest absolute Gasteiger partial charge is 0.275 e. The molecule has 0 aromatic carbocycles. The lowest BCUT2D eigenvalue weighted by molar-refractivity contribution is 0.0175. The zero-order valence-electron chi connectivity index (χ0n) is 16.3. The summed E-state index contributed by atoms with van der Waals surface area (Å²) >= 11 is 0. The fourth-order valence-electron chi connectivity index (χ4n) is 3.19. The summed E-state index contributed by atoms with van der Waals surface area (Å²) in [5.41, 5.74) is 0.606. The quantitative estimate of drug-likeness (QED) is 0.769. The topological polar surface area (TPSA) is 91.5 Å². The molecule has 0 radical (unpaired) electrons. The fraction of sp³-hybridized carbons (Fsp3) is 0.579. The molecule has 2 aliphatic rings. The number of alkyl halides is 2. The van der Waals surface area contributed by atoms with Crippen molar-refractivity contribution in [1.29, 1.82) is 5.26 Å². The van der Waals surface area contributed by atoms with Crippen LogP contribution in [-0.4, -0.2) is 25.3 Å². The molecule has 9 heteroatoms. The minimum absolute atomic E-state index is 0.0425. The van der Waals surface area contributed by atoms with Crippen molar-refractivity contribution in [2.24, 2.45) is 5.41 Å². The summed E-state index contributed by atoms with van der Waals surface area (Å²) in [6.45, 7) is 6.57. The van der Waals surface area contributed by atoms with Crippen LogP contribution >= 0.6 is 0 Å². The van der Waals surface area contributed by atoms with E-state index in [-0.39, 0.29) is 28.9 Å². The van der Waals surface area contributed by atoms with Gasteiger partial charge in [0.1, 0.15) is 5.82 Å². The van der Waals surface area contributed by atoms with Crippen LogP contribution in [0.25, 0.3) is 0 Å². The largest absolute Gasteiger partial charge is 0.364 e. The molecule has 2 heterocycles. The second-order valence-corrected chi connectivity index (χ2v) is 8.51. The Morgan fingerprint density at radius 1 is 1.36 bits per heavy atom. The summed E-state index contributed by atoms with van der Waals surface area (Å²) in [5.74, 6) is -2.67. The molecule has 2 aromatic rings. The van der Waals surface area contributed by atoms with Crippen LogP contribution in [-0.2, 0) is 5.92 Å². The molecule has 2 aromatic heterocycles. The van der Waals surface area contributed by atoms with Gasteiger partial charge in [0.2, 0.25) is 5.95 Å². The fourth-order valence-corrected chi connectivity index (χ4v) is 3.19. The number of nitriles is 1. The highest BCUT2D eigenvalue weighted by Gasteiger charge is 2.53. The van der Waals surface area contributed by atoms with E-state index in [9.17, 15) is 14.0 Å². The van der Waals surface area contributed by atoms with Gasteiger partial charge < -0.3 is 10.6 Å². The second kappa shape index (κ2) is 5.87. The van der Waals surface area contributed by atoms with Crippen molar-refractivity contribution in [1.82, 2.24) is 19.7 Å². The van der Waals surface area contributed by atoms with E-state index in [1.807, 2.05) is 27.0 Å². The van der Waals surface area contributed by atoms with Crippen LogP contribution in [0.2, 0.25) is 0 Å². The second-order valence-electron chi connectivity index (χ2n) is 8.51. The summed E-state index contributed by atoms with van der Waals surface area (Å²) in [7, 11) is 0. The Labute approximate surface area is 162 Å². The molecule has 0 saturated heterocycles. The maximum Gasteiger partial charge on any atom is 0.275 e. The van der Waals surface area contributed by atoms with Crippen molar-refractivity contribution in [2.45, 2.75) is 64.5 Å². The van der Waals surface area contributed by atoms with Crippen molar-refractivity contribution in [3.05, 3.63) is 23.7 Å². The number of aromatic nitrogens is 4. The molecule has 4 rings (SSSR count). The van der Waals surface area contributed by atoms with Gasteiger partial charge in [-0.2, -0.15) is 15.3 Å². The number of nitrogens with one attached hydrogen (secondary N) is 2. The van der Waals surface area contributed by atoms with Crippen molar-refractivity contribution in [3.63, 3.8) is 0 Å². The molecule has 0 unspecified atom stereocenters. The molecule has 7 nitrogen and oxygen atoms in total. The highest BCUT2D eigenvalue weighted by Crippen LogP contribution is 2.55. The van der Waals surface area contributed by atoms with Crippen LogP contribution < -0.4 is 10.6 Å². The SMILES string of the molecule is Cc1nn([C@H]2C[C@@]2(C)C#N)cc1Nc1ncc(C(C)(F)F)c(NC2(C)CC2)n1. The standard InChI is InChI=1S/C19H23F2N7/c1-11-13(9-28(27-11)14-7-17(14,2)10-22)24-16-23-8-12(19(4,20)21)15(25-16)26-18(3)5-6-18/h8-9,14H,5-7H2,1-4H3,(H2,23,24,25,26)/t14-,17-/m0/s1. The zero-order chi connectivity index (χ0) is 20.3. The van der Waals surface area contributed by atoms with Crippen LogP contribution in [0.5, 0.6) is 0 Å². The molecule has 148 valence electrons. The van der Waals surface area contributed by atoms with E-state index in [4.69, 9.17) is 0 Å². The number of hydrogen-bond donors (Lipinski definition) is 2. The summed E-state index contributed by atoms with van der Waals surface area (Å²) in [5, 5.41) is 19.9. The van der Waals surface area contributed by atoms with E-state index < -0.39 is 11.3 Å². The van der Waals surface area contributed by atoms with Gasteiger partial charge in [-0.15, -0.1) is 0 Å². The Kier molecular flexibility index (Phi) is 3.90. The third-order valence-corrected chi connectivity index (χ3v) is 5.61. The van der Waals surface area contributed by atoms with Gasteiger partial charge in [0.05, 0.1) is 34.5 Å². The van der Waals surface area contributed by atoms with Gasteiger partial charge in [-0.25, -0.2) is 13.8 Å². The summed E-state index contributed by atoms with van der Waals surface area (Å²) in [4.78, 5) is 8.39. The molecule has 0 spiro atoms. The van der Waals surface area contributed by atoms with Gasteiger partial charge in [0.15, 0.2) is 0 Å². The minimum Gasteiger partial charge on any atom is -0.364 e. The van der Waals surface area contributed by atoms with Crippen molar-refractivity contribution >= 4 is 17.5 Å². The van der Waals surface area contributed by atoms with Crippen LogP contribution in [0.4, 0.5) is 26.2 Å². The number of aryl methyl sites for hydroxylation is 1. The summed E-state index contributed by atoms with van der Waals surface area (Å²) in [6, 6.07) is 2.35. The molecule has 0 bridgehead atoms. The number of nitrogens with zero attached hydrogens (tertiary/aromatic N) is 5. The first kappa shape index (κ1) is 18.6. The van der Waals surface area contributed by atoms with Gasteiger partial charge >= 0.3 is 0 Å². The molecule has 2 atom stereocenters. The van der Waals surface area contributed by atoms with Gasteiger partial charge in [-0.1, -0.05) is 0 Å². The molecular formula is C19H23F2N7. The molecule has 28 heavy (non-hydrogen) atoms. The first-order valence-electron chi connectivity index (χ1n) is 9.31. The van der Waals surface area contributed by atoms with Crippen molar-refractivity contribution in [2.75, 3.05) is 10.6 Å². The molecule has 2 N–H and O–H groups in total. The predicted octanol–water partition coefficient (Wildman–Crippen LogP) is 4.28. The highest BCUT2D eigenvalue weighted by molar-refractivity contribution is 5.59. The molecule has 2 saturated carbocycles. The van der Waals surface area contributed by atoms with Crippen LogP contribution in [0.1, 0.15) is 57.3 Å². The van der Waals surface area contributed by atoms with E-state index >= 15 is 0 Å². The van der Waals surface area contributed by atoms with E-state index in [1.165, 1.54) is 0 Å².